The molecule has 25 valence electrons. The number of halogens is 2. The summed E-state index contributed by atoms with van der Waals surface area (Å²) in [5.74, 6) is 0. The average molecular weight is 227 g/mol. The summed E-state index contributed by atoms with van der Waals surface area (Å²) in [5, 5.41) is 0. The molecular formula is Br2OV. The first-order valence-corrected chi connectivity index (χ1v) is 0.753. The Bertz CT molecular complexity index is 6.00. The molecule has 0 saturated heterocycles. The van der Waals surface area contributed by atoms with E-state index < -0.39 is 0 Å². The molecule has 4 heteroatoms. The summed E-state index contributed by atoms with van der Waals surface area (Å²) < 4.78 is 8.19. The molecule has 0 aliphatic rings. The van der Waals surface area contributed by atoms with Crippen LogP contribution in [0.4, 0.5) is 0 Å². The molecule has 0 fully saturated rings. The van der Waals surface area contributed by atoms with Gasteiger partial charge in [0.15, 0.2) is 0 Å². The summed E-state index contributed by atoms with van der Waals surface area (Å²) in [6.07, 6.45) is 0. The maximum absolute atomic E-state index is 8.19. The predicted molar refractivity (Wildman–Crippen MR) is 0.686 cm³/mol. The van der Waals surface area contributed by atoms with E-state index in [2.05, 4.69) is 0 Å². The van der Waals surface area contributed by atoms with Crippen LogP contribution in [0.15, 0.2) is 0 Å². The SMILES string of the molecule is [Br-].[Br-].[O]=[V+2]. The van der Waals surface area contributed by atoms with Gasteiger partial charge >= 0.3 is 21.0 Å². The zero-order valence-corrected chi connectivity index (χ0v) is 6.18. The second-order valence-corrected chi connectivity index (χ2v) is 0. The zero-order chi connectivity index (χ0) is 2.00. The third kappa shape index (κ3) is 10.2. The van der Waals surface area contributed by atoms with Crippen LogP contribution in [0.3, 0.4) is 0 Å². The molecule has 0 saturated carbocycles. The molecular weight excluding hydrogens is 227 g/mol. The Hall–Kier alpha value is 1.34. The van der Waals surface area contributed by atoms with Crippen LogP contribution in [-0.4, -0.2) is 0 Å². The van der Waals surface area contributed by atoms with Crippen LogP contribution in [-0.2, 0) is 21.0 Å². The average Bonchev–Trinajstić information content (AvgIpc) is 1.00. The first kappa shape index (κ1) is 18.4. The monoisotopic (exact) mass is 225 g/mol. The van der Waals surface area contributed by atoms with Crippen LogP contribution in [0.5, 0.6) is 0 Å². The van der Waals surface area contributed by atoms with E-state index in [-0.39, 0.29) is 34.0 Å². The van der Waals surface area contributed by atoms with Crippen LogP contribution < -0.4 is 34.0 Å². The molecule has 0 aromatic heterocycles. The molecule has 0 spiro atoms. The Kier molecular flexibility index (Phi) is 123. The van der Waals surface area contributed by atoms with E-state index in [0.29, 0.717) is 0 Å². The van der Waals surface area contributed by atoms with Crippen molar-refractivity contribution in [3.8, 4) is 0 Å². The van der Waals surface area contributed by atoms with Gasteiger partial charge < -0.3 is 34.0 Å². The third-order valence-electron chi connectivity index (χ3n) is 0. The van der Waals surface area contributed by atoms with E-state index in [1.54, 1.807) is 0 Å². The van der Waals surface area contributed by atoms with Crippen molar-refractivity contribution in [1.29, 1.82) is 0 Å². The van der Waals surface area contributed by atoms with Crippen LogP contribution in [0, 0.1) is 0 Å². The van der Waals surface area contributed by atoms with Crippen LogP contribution in [0.25, 0.3) is 0 Å². The van der Waals surface area contributed by atoms with Crippen molar-refractivity contribution in [3.05, 3.63) is 0 Å². The van der Waals surface area contributed by atoms with E-state index in [0.717, 1.165) is 17.4 Å². The van der Waals surface area contributed by atoms with Gasteiger partial charge in [-0.15, -0.1) is 0 Å². The minimum atomic E-state index is 0. The summed E-state index contributed by atoms with van der Waals surface area (Å²) in [6.45, 7) is 0. The summed E-state index contributed by atoms with van der Waals surface area (Å²) in [4.78, 5) is 0. The fourth-order valence-corrected chi connectivity index (χ4v) is 0. The maximum atomic E-state index is 8.19. The fourth-order valence-electron chi connectivity index (χ4n) is 0. The van der Waals surface area contributed by atoms with Crippen molar-refractivity contribution in [2.75, 3.05) is 0 Å². The molecule has 0 aliphatic carbocycles. The Morgan fingerprint density at radius 1 is 1.00 bits per heavy atom. The van der Waals surface area contributed by atoms with E-state index in [9.17, 15) is 0 Å². The van der Waals surface area contributed by atoms with Gasteiger partial charge in [-0.2, -0.15) is 0 Å². The topological polar surface area (TPSA) is 17.1 Å². The second kappa shape index (κ2) is 26.9. The van der Waals surface area contributed by atoms with Crippen molar-refractivity contribution < 1.29 is 55.0 Å². The molecule has 0 radical (unpaired) electrons. The van der Waals surface area contributed by atoms with Crippen molar-refractivity contribution >= 4 is 0 Å². The molecule has 0 bridgehead atoms. The van der Waals surface area contributed by atoms with Crippen LogP contribution >= 0.6 is 0 Å². The molecule has 0 unspecified atom stereocenters. The first-order valence-electron chi connectivity index (χ1n) is 0.183. The van der Waals surface area contributed by atoms with Gasteiger partial charge in [-0.1, -0.05) is 0 Å². The summed E-state index contributed by atoms with van der Waals surface area (Å²) >= 11 is 1.06. The summed E-state index contributed by atoms with van der Waals surface area (Å²) in [6, 6.07) is 0. The first-order chi connectivity index (χ1) is 1.00. The van der Waals surface area contributed by atoms with Gasteiger partial charge in [0.05, 0.1) is 0 Å². The summed E-state index contributed by atoms with van der Waals surface area (Å²) in [5.41, 5.74) is 0. The third-order valence-corrected chi connectivity index (χ3v) is 0. The normalized spacial score (nSPS) is 1.50. The summed E-state index contributed by atoms with van der Waals surface area (Å²) in [7, 11) is 0. The molecule has 4 heavy (non-hydrogen) atoms. The Morgan fingerprint density at radius 2 is 1.00 bits per heavy atom. The number of rotatable bonds is 0. The van der Waals surface area contributed by atoms with Crippen molar-refractivity contribution in [3.63, 3.8) is 0 Å². The standard InChI is InChI=1S/2BrH.O.V/h2*1H;;/q;;;+2/p-2. The van der Waals surface area contributed by atoms with Gasteiger partial charge in [0.1, 0.15) is 0 Å². The molecule has 0 aliphatic heterocycles. The Labute approximate surface area is 54.9 Å². The van der Waals surface area contributed by atoms with Crippen molar-refractivity contribution in [2.45, 2.75) is 0 Å². The van der Waals surface area contributed by atoms with Crippen LogP contribution in [0.2, 0.25) is 0 Å². The van der Waals surface area contributed by atoms with Crippen molar-refractivity contribution in [2.24, 2.45) is 0 Å². The van der Waals surface area contributed by atoms with Gasteiger partial charge in [0.2, 0.25) is 0 Å². The molecule has 0 heterocycles. The van der Waals surface area contributed by atoms with E-state index in [4.69, 9.17) is 3.67 Å². The van der Waals surface area contributed by atoms with Gasteiger partial charge in [-0.25, -0.2) is 0 Å². The van der Waals surface area contributed by atoms with Crippen molar-refractivity contribution in [1.82, 2.24) is 0 Å². The molecule has 0 amide bonds. The quantitative estimate of drug-likeness (QED) is 0.402. The molecule has 0 aromatic rings. The second-order valence-electron chi connectivity index (χ2n) is 0. The van der Waals surface area contributed by atoms with E-state index >= 15 is 0 Å². The minimum absolute atomic E-state index is 0. The van der Waals surface area contributed by atoms with E-state index in [1.165, 1.54) is 0 Å². The fraction of sp³-hybridized carbons (Fsp3) is 0. The zero-order valence-electron chi connectivity index (χ0n) is 1.61. The number of hydrogen-bond donors (Lipinski definition) is 0. The molecule has 0 aromatic carbocycles. The van der Waals surface area contributed by atoms with E-state index in [1.807, 2.05) is 0 Å². The van der Waals surface area contributed by atoms with Gasteiger partial charge in [0, 0.05) is 0 Å². The molecule has 0 N–H and O–H groups in total. The molecule has 0 rings (SSSR count). The predicted octanol–water partition coefficient (Wildman–Crippen LogP) is -6.11. The van der Waals surface area contributed by atoms with Gasteiger partial charge in [-0.05, 0) is 0 Å². The molecule has 0 atom stereocenters. The Morgan fingerprint density at radius 3 is 1.00 bits per heavy atom. The number of hydrogen-bond acceptors (Lipinski definition) is 1. The molecule has 1 nitrogen and oxygen atoms in total. The van der Waals surface area contributed by atoms with Crippen LogP contribution in [0.1, 0.15) is 0 Å². The van der Waals surface area contributed by atoms with Gasteiger partial charge in [-0.3, -0.25) is 0 Å². The van der Waals surface area contributed by atoms with Gasteiger partial charge in [0.25, 0.3) is 0 Å². The Balaban J connectivity index is -0.00000000500.